The quantitative estimate of drug-likeness (QED) is 0.593. The summed E-state index contributed by atoms with van der Waals surface area (Å²) in [5.41, 5.74) is 0.658. The summed E-state index contributed by atoms with van der Waals surface area (Å²) in [6.07, 6.45) is 8.51. The molecular weight excluding hydrogens is 160 g/mol. The summed E-state index contributed by atoms with van der Waals surface area (Å²) in [5.74, 6) is 0. The lowest BCUT2D eigenvalue weighted by molar-refractivity contribution is 0.164. The molecule has 2 N–H and O–H groups in total. The van der Waals surface area contributed by atoms with Gasteiger partial charge in [-0.2, -0.15) is 0 Å². The van der Waals surface area contributed by atoms with Crippen molar-refractivity contribution in [3.8, 4) is 0 Å². The maximum absolute atomic E-state index is 3.62. The van der Waals surface area contributed by atoms with Gasteiger partial charge in [-0.05, 0) is 50.7 Å². The van der Waals surface area contributed by atoms with Gasteiger partial charge in [0, 0.05) is 6.54 Å². The van der Waals surface area contributed by atoms with Crippen LogP contribution in [0.15, 0.2) is 0 Å². The highest BCUT2D eigenvalue weighted by molar-refractivity contribution is 4.87. The first kappa shape index (κ1) is 9.47. The largest absolute Gasteiger partial charge is 0.317 e. The van der Waals surface area contributed by atoms with Crippen molar-refractivity contribution < 1.29 is 0 Å². The molecule has 0 unspecified atom stereocenters. The summed E-state index contributed by atoms with van der Waals surface area (Å²) in [5, 5.41) is 7.08. The molecule has 13 heavy (non-hydrogen) atoms. The molecule has 0 amide bonds. The van der Waals surface area contributed by atoms with Crippen molar-refractivity contribution in [2.45, 2.75) is 38.5 Å². The van der Waals surface area contributed by atoms with Crippen molar-refractivity contribution in [3.05, 3.63) is 0 Å². The second-order valence-corrected chi connectivity index (χ2v) is 4.74. The SMILES string of the molecule is C1CCNCC2(CC1)CCNCC2. The maximum atomic E-state index is 3.62. The molecule has 2 heterocycles. The van der Waals surface area contributed by atoms with Crippen LogP contribution in [0.25, 0.3) is 0 Å². The van der Waals surface area contributed by atoms with Gasteiger partial charge in [0.2, 0.25) is 0 Å². The Hall–Kier alpha value is -0.0800. The van der Waals surface area contributed by atoms with E-state index >= 15 is 0 Å². The highest BCUT2D eigenvalue weighted by Gasteiger charge is 2.31. The fourth-order valence-electron chi connectivity index (χ4n) is 2.75. The van der Waals surface area contributed by atoms with E-state index in [1.807, 2.05) is 0 Å². The molecule has 0 atom stereocenters. The lowest BCUT2D eigenvalue weighted by atomic mass is 9.74. The zero-order valence-electron chi connectivity index (χ0n) is 8.57. The number of hydrogen-bond acceptors (Lipinski definition) is 2. The van der Waals surface area contributed by atoms with E-state index in [1.165, 1.54) is 64.7 Å². The minimum atomic E-state index is 0.658. The molecule has 2 nitrogen and oxygen atoms in total. The highest BCUT2D eigenvalue weighted by Crippen LogP contribution is 2.34. The molecule has 0 aromatic heterocycles. The van der Waals surface area contributed by atoms with Gasteiger partial charge in [-0.1, -0.05) is 12.8 Å². The molecule has 1 spiro atoms. The summed E-state index contributed by atoms with van der Waals surface area (Å²) in [4.78, 5) is 0. The van der Waals surface area contributed by atoms with Crippen LogP contribution in [0.5, 0.6) is 0 Å². The Morgan fingerprint density at radius 3 is 2.38 bits per heavy atom. The summed E-state index contributed by atoms with van der Waals surface area (Å²) in [6, 6.07) is 0. The Morgan fingerprint density at radius 2 is 1.54 bits per heavy atom. The lowest BCUT2D eigenvalue weighted by Gasteiger charge is -2.39. The molecule has 2 rings (SSSR count). The standard InChI is InChI=1S/C11H22N2/c1-2-4-11(10-13-7-3-1)5-8-12-9-6-11/h12-13H,1-10H2. The van der Waals surface area contributed by atoms with E-state index in [-0.39, 0.29) is 0 Å². The number of piperidine rings is 1. The van der Waals surface area contributed by atoms with Crippen LogP contribution in [0.3, 0.4) is 0 Å². The molecule has 2 aliphatic rings. The van der Waals surface area contributed by atoms with Crippen molar-refractivity contribution >= 4 is 0 Å². The molecule has 76 valence electrons. The minimum absolute atomic E-state index is 0.658. The summed E-state index contributed by atoms with van der Waals surface area (Å²) in [6.45, 7) is 4.99. The predicted octanol–water partition coefficient (Wildman–Crippen LogP) is 1.52. The van der Waals surface area contributed by atoms with Gasteiger partial charge in [-0.25, -0.2) is 0 Å². The Balaban J connectivity index is 1.91. The smallest absolute Gasteiger partial charge is 0.000876 e. The predicted molar refractivity (Wildman–Crippen MR) is 55.9 cm³/mol. The first-order chi connectivity index (χ1) is 6.41. The Bertz CT molecular complexity index is 140. The van der Waals surface area contributed by atoms with Gasteiger partial charge < -0.3 is 10.6 Å². The lowest BCUT2D eigenvalue weighted by Crippen LogP contribution is -2.44. The van der Waals surface area contributed by atoms with Gasteiger partial charge in [0.1, 0.15) is 0 Å². The maximum Gasteiger partial charge on any atom is 0.000876 e. The second-order valence-electron chi connectivity index (χ2n) is 4.74. The summed E-state index contributed by atoms with van der Waals surface area (Å²) >= 11 is 0. The topological polar surface area (TPSA) is 24.1 Å². The van der Waals surface area contributed by atoms with Crippen LogP contribution in [-0.4, -0.2) is 26.2 Å². The average Bonchev–Trinajstić information content (AvgIpc) is 2.14. The zero-order valence-corrected chi connectivity index (χ0v) is 8.57. The van der Waals surface area contributed by atoms with Crippen LogP contribution in [-0.2, 0) is 0 Å². The third kappa shape index (κ3) is 2.44. The van der Waals surface area contributed by atoms with E-state index in [0.29, 0.717) is 5.41 Å². The van der Waals surface area contributed by atoms with Crippen molar-refractivity contribution in [1.82, 2.24) is 10.6 Å². The summed E-state index contributed by atoms with van der Waals surface area (Å²) < 4.78 is 0. The molecule has 0 aromatic rings. The first-order valence-electron chi connectivity index (χ1n) is 5.83. The highest BCUT2D eigenvalue weighted by atomic mass is 14.9. The van der Waals surface area contributed by atoms with E-state index in [9.17, 15) is 0 Å². The van der Waals surface area contributed by atoms with Gasteiger partial charge in [0.15, 0.2) is 0 Å². The van der Waals surface area contributed by atoms with E-state index in [0.717, 1.165) is 0 Å². The molecule has 0 radical (unpaired) electrons. The second kappa shape index (κ2) is 4.43. The Kier molecular flexibility index (Phi) is 3.23. The van der Waals surface area contributed by atoms with Gasteiger partial charge in [0.05, 0.1) is 0 Å². The van der Waals surface area contributed by atoms with Crippen LogP contribution in [0.4, 0.5) is 0 Å². The molecule has 0 aliphatic carbocycles. The fourth-order valence-corrected chi connectivity index (χ4v) is 2.75. The Morgan fingerprint density at radius 1 is 0.692 bits per heavy atom. The van der Waals surface area contributed by atoms with Gasteiger partial charge in [-0.15, -0.1) is 0 Å². The first-order valence-corrected chi connectivity index (χ1v) is 5.83. The van der Waals surface area contributed by atoms with Crippen molar-refractivity contribution in [2.75, 3.05) is 26.2 Å². The van der Waals surface area contributed by atoms with E-state index in [2.05, 4.69) is 10.6 Å². The van der Waals surface area contributed by atoms with E-state index < -0.39 is 0 Å². The van der Waals surface area contributed by atoms with Crippen molar-refractivity contribution in [1.29, 1.82) is 0 Å². The molecular formula is C11H22N2. The van der Waals surface area contributed by atoms with Crippen LogP contribution < -0.4 is 10.6 Å². The molecule has 0 aromatic carbocycles. The number of rotatable bonds is 0. The van der Waals surface area contributed by atoms with E-state index in [4.69, 9.17) is 0 Å². The van der Waals surface area contributed by atoms with Crippen LogP contribution in [0, 0.1) is 5.41 Å². The van der Waals surface area contributed by atoms with Gasteiger partial charge in [0.25, 0.3) is 0 Å². The number of hydrogen-bond donors (Lipinski definition) is 2. The van der Waals surface area contributed by atoms with Crippen LogP contribution in [0.1, 0.15) is 38.5 Å². The van der Waals surface area contributed by atoms with Gasteiger partial charge >= 0.3 is 0 Å². The van der Waals surface area contributed by atoms with Crippen molar-refractivity contribution in [2.24, 2.45) is 5.41 Å². The third-order valence-electron chi connectivity index (χ3n) is 3.72. The van der Waals surface area contributed by atoms with Crippen LogP contribution >= 0.6 is 0 Å². The van der Waals surface area contributed by atoms with Gasteiger partial charge in [-0.3, -0.25) is 0 Å². The third-order valence-corrected chi connectivity index (χ3v) is 3.72. The zero-order chi connectivity index (χ0) is 8.99. The van der Waals surface area contributed by atoms with Crippen LogP contribution in [0.2, 0.25) is 0 Å². The molecule has 2 fully saturated rings. The molecule has 0 bridgehead atoms. The molecule has 2 aliphatic heterocycles. The monoisotopic (exact) mass is 182 g/mol. The molecule has 2 heteroatoms. The fraction of sp³-hybridized carbons (Fsp3) is 1.00. The van der Waals surface area contributed by atoms with E-state index in [1.54, 1.807) is 0 Å². The minimum Gasteiger partial charge on any atom is -0.317 e. The molecule has 0 saturated carbocycles. The summed E-state index contributed by atoms with van der Waals surface area (Å²) in [7, 11) is 0. The normalized spacial score (nSPS) is 29.5. The van der Waals surface area contributed by atoms with Crippen molar-refractivity contribution in [3.63, 3.8) is 0 Å². The molecule has 2 saturated heterocycles. The average molecular weight is 182 g/mol. The Labute approximate surface area is 81.5 Å². The number of nitrogens with one attached hydrogen (secondary N) is 2.